The van der Waals surface area contributed by atoms with E-state index in [2.05, 4.69) is 5.10 Å². The molecule has 2 heterocycles. The number of aryl methyl sites for hydroxylation is 1. The minimum atomic E-state index is -0.573. The van der Waals surface area contributed by atoms with Gasteiger partial charge in [0.25, 0.3) is 5.91 Å². The summed E-state index contributed by atoms with van der Waals surface area (Å²) in [5.74, 6) is 0.0333. The first-order chi connectivity index (χ1) is 13.3. The fraction of sp³-hybridized carbons (Fsp3) is 0.100. The molecule has 0 unspecified atom stereocenters. The largest absolute Gasteiger partial charge is 0.456 e. The van der Waals surface area contributed by atoms with Gasteiger partial charge in [0.2, 0.25) is 0 Å². The van der Waals surface area contributed by atoms with Crippen LogP contribution < -0.4 is 5.73 Å². The second-order valence-corrected chi connectivity index (χ2v) is 7.69. The number of nitrogens with zero attached hydrogens (tertiary/aromatic N) is 2. The molecule has 0 radical (unpaired) electrons. The summed E-state index contributed by atoms with van der Waals surface area (Å²) in [6.45, 7) is 2.22. The first-order valence-electron chi connectivity index (χ1n) is 8.33. The van der Waals surface area contributed by atoms with E-state index >= 15 is 0 Å². The molecule has 1 amide bonds. The third kappa shape index (κ3) is 3.49. The van der Waals surface area contributed by atoms with Crippen LogP contribution in [-0.2, 0) is 6.54 Å². The maximum absolute atomic E-state index is 11.4. The topological polar surface area (TPSA) is 74.1 Å². The van der Waals surface area contributed by atoms with Gasteiger partial charge >= 0.3 is 0 Å². The Hall–Kier alpha value is -2.47. The summed E-state index contributed by atoms with van der Waals surface area (Å²) >= 11 is 18.6. The first-order valence-corrected chi connectivity index (χ1v) is 9.47. The molecule has 0 aliphatic heterocycles. The Balaban J connectivity index is 1.81. The van der Waals surface area contributed by atoms with E-state index in [1.54, 1.807) is 28.9 Å². The van der Waals surface area contributed by atoms with Gasteiger partial charge in [0.1, 0.15) is 17.0 Å². The van der Waals surface area contributed by atoms with Gasteiger partial charge in [0, 0.05) is 32.3 Å². The van der Waals surface area contributed by atoms with Crippen LogP contribution in [0.1, 0.15) is 21.7 Å². The van der Waals surface area contributed by atoms with E-state index in [4.69, 9.17) is 45.0 Å². The summed E-state index contributed by atoms with van der Waals surface area (Å²) in [7, 11) is 0. The Bertz CT molecular complexity index is 1230. The van der Waals surface area contributed by atoms with Gasteiger partial charge in [-0.2, -0.15) is 5.10 Å². The Morgan fingerprint density at radius 3 is 2.57 bits per heavy atom. The molecule has 4 rings (SSSR count). The highest BCUT2D eigenvalue weighted by Gasteiger charge is 2.16. The predicted molar refractivity (Wildman–Crippen MR) is 111 cm³/mol. The Kier molecular flexibility index (Phi) is 4.83. The van der Waals surface area contributed by atoms with Crippen LogP contribution in [0.4, 0.5) is 0 Å². The molecular formula is C20H14Cl3N3O2. The number of primary amides is 1. The minimum absolute atomic E-state index is 0.212. The summed E-state index contributed by atoms with van der Waals surface area (Å²) in [6, 6.07) is 12.4. The highest BCUT2D eigenvalue weighted by Crippen LogP contribution is 2.36. The molecule has 2 N–H and O–H groups in total. The van der Waals surface area contributed by atoms with Gasteiger partial charge < -0.3 is 10.2 Å². The fourth-order valence-corrected chi connectivity index (χ4v) is 3.83. The van der Waals surface area contributed by atoms with Crippen molar-refractivity contribution in [1.82, 2.24) is 9.78 Å². The van der Waals surface area contributed by atoms with Crippen LogP contribution in [-0.4, -0.2) is 15.7 Å². The van der Waals surface area contributed by atoms with Crippen molar-refractivity contribution in [3.05, 3.63) is 74.5 Å². The second-order valence-electron chi connectivity index (χ2n) is 6.41. The van der Waals surface area contributed by atoms with Gasteiger partial charge in [-0.15, -0.1) is 0 Å². The van der Waals surface area contributed by atoms with Crippen LogP contribution in [0.3, 0.4) is 0 Å². The SMILES string of the molecule is Cc1cc(C(N)=O)nn1Cc1cc(Cl)cc2cc(-c3ccc(Cl)cc3Cl)oc12. The number of carbonyl (C=O) groups is 1. The average molecular weight is 435 g/mol. The molecule has 5 nitrogen and oxygen atoms in total. The van der Waals surface area contributed by atoms with Gasteiger partial charge in [0.05, 0.1) is 11.6 Å². The van der Waals surface area contributed by atoms with Crippen molar-refractivity contribution in [2.45, 2.75) is 13.5 Å². The van der Waals surface area contributed by atoms with Crippen molar-refractivity contribution < 1.29 is 9.21 Å². The third-order valence-electron chi connectivity index (χ3n) is 4.41. The summed E-state index contributed by atoms with van der Waals surface area (Å²) in [5.41, 5.74) is 8.55. The number of benzene rings is 2. The molecule has 28 heavy (non-hydrogen) atoms. The number of hydrogen-bond donors (Lipinski definition) is 1. The Morgan fingerprint density at radius 2 is 1.89 bits per heavy atom. The monoisotopic (exact) mass is 433 g/mol. The number of hydrogen-bond acceptors (Lipinski definition) is 3. The molecule has 4 aromatic rings. The maximum Gasteiger partial charge on any atom is 0.269 e. The smallest absolute Gasteiger partial charge is 0.269 e. The Labute approximate surface area is 175 Å². The number of halogens is 3. The summed E-state index contributed by atoms with van der Waals surface area (Å²) < 4.78 is 7.79. The van der Waals surface area contributed by atoms with Crippen LogP contribution >= 0.6 is 34.8 Å². The molecule has 0 saturated carbocycles. The Morgan fingerprint density at radius 1 is 1.11 bits per heavy atom. The molecule has 0 fully saturated rings. The van der Waals surface area contributed by atoms with Crippen molar-refractivity contribution in [3.8, 4) is 11.3 Å². The lowest BCUT2D eigenvalue weighted by Gasteiger charge is -2.06. The van der Waals surface area contributed by atoms with E-state index in [0.717, 1.165) is 22.2 Å². The minimum Gasteiger partial charge on any atom is -0.456 e. The van der Waals surface area contributed by atoms with Gasteiger partial charge in [-0.3, -0.25) is 9.48 Å². The van der Waals surface area contributed by atoms with Crippen molar-refractivity contribution in [2.24, 2.45) is 5.73 Å². The van der Waals surface area contributed by atoms with Gasteiger partial charge in [-0.1, -0.05) is 34.8 Å². The van der Waals surface area contributed by atoms with Crippen LogP contribution in [0.15, 0.2) is 46.9 Å². The fourth-order valence-electron chi connectivity index (χ4n) is 3.08. The zero-order chi connectivity index (χ0) is 20.0. The van der Waals surface area contributed by atoms with Crippen LogP contribution in [0.5, 0.6) is 0 Å². The molecule has 142 valence electrons. The van der Waals surface area contributed by atoms with Gasteiger partial charge in [0.15, 0.2) is 0 Å². The normalized spacial score (nSPS) is 11.3. The van der Waals surface area contributed by atoms with E-state index in [-0.39, 0.29) is 5.69 Å². The number of furan rings is 1. The number of fused-ring (bicyclic) bond motifs is 1. The van der Waals surface area contributed by atoms with Crippen LogP contribution in [0.2, 0.25) is 15.1 Å². The number of rotatable bonds is 4. The highest BCUT2D eigenvalue weighted by molar-refractivity contribution is 6.36. The lowest BCUT2D eigenvalue weighted by molar-refractivity contribution is 0.0995. The molecule has 0 spiro atoms. The standard InChI is InChI=1S/C20H14Cl3N3O2/c1-10-4-17(20(24)27)25-26(10)9-12-6-14(22)5-11-7-18(28-19(11)12)15-3-2-13(21)8-16(15)23/h2-8H,9H2,1H3,(H2,24,27). The average Bonchev–Trinajstić information content (AvgIpc) is 3.19. The molecule has 0 aliphatic carbocycles. The van der Waals surface area contributed by atoms with Gasteiger partial charge in [-0.05, 0) is 49.4 Å². The quantitative estimate of drug-likeness (QED) is 0.447. The van der Waals surface area contributed by atoms with E-state index in [9.17, 15) is 4.79 Å². The number of aromatic nitrogens is 2. The van der Waals surface area contributed by atoms with E-state index in [1.807, 2.05) is 25.1 Å². The summed E-state index contributed by atoms with van der Waals surface area (Å²) in [5, 5.41) is 6.70. The summed E-state index contributed by atoms with van der Waals surface area (Å²) in [4.78, 5) is 11.4. The number of nitrogens with two attached hydrogens (primary N) is 1. The zero-order valence-corrected chi connectivity index (χ0v) is 16.9. The maximum atomic E-state index is 11.4. The van der Waals surface area contributed by atoms with E-state index < -0.39 is 5.91 Å². The van der Waals surface area contributed by atoms with E-state index in [0.29, 0.717) is 33.0 Å². The molecule has 2 aromatic carbocycles. The highest BCUT2D eigenvalue weighted by atomic mass is 35.5. The molecule has 2 aromatic heterocycles. The number of amides is 1. The van der Waals surface area contributed by atoms with Crippen molar-refractivity contribution in [3.63, 3.8) is 0 Å². The molecule has 0 bridgehead atoms. The van der Waals surface area contributed by atoms with E-state index in [1.165, 1.54) is 0 Å². The second kappa shape index (κ2) is 7.17. The molecular weight excluding hydrogens is 421 g/mol. The third-order valence-corrected chi connectivity index (χ3v) is 5.17. The molecule has 0 saturated heterocycles. The lowest BCUT2D eigenvalue weighted by Crippen LogP contribution is -2.13. The molecule has 0 atom stereocenters. The predicted octanol–water partition coefficient (Wildman–Crippen LogP) is 5.71. The van der Waals surface area contributed by atoms with Crippen molar-refractivity contribution in [1.29, 1.82) is 0 Å². The molecule has 8 heteroatoms. The lowest BCUT2D eigenvalue weighted by atomic mass is 10.1. The van der Waals surface area contributed by atoms with Gasteiger partial charge in [-0.25, -0.2) is 0 Å². The number of carbonyl (C=O) groups excluding carboxylic acids is 1. The molecule has 0 aliphatic rings. The van der Waals surface area contributed by atoms with Crippen LogP contribution in [0.25, 0.3) is 22.3 Å². The zero-order valence-electron chi connectivity index (χ0n) is 14.7. The van der Waals surface area contributed by atoms with Crippen LogP contribution in [0, 0.1) is 6.92 Å². The van der Waals surface area contributed by atoms with Crippen molar-refractivity contribution >= 4 is 51.7 Å². The van der Waals surface area contributed by atoms with Crippen molar-refractivity contribution in [2.75, 3.05) is 0 Å². The first kappa shape index (κ1) is 18.9. The summed E-state index contributed by atoms with van der Waals surface area (Å²) in [6.07, 6.45) is 0.